The molecule has 57 heavy (non-hydrogen) atoms. The van der Waals surface area contributed by atoms with Crippen molar-refractivity contribution in [2.45, 2.75) is 76.4 Å². The highest BCUT2D eigenvalue weighted by Crippen LogP contribution is 2.49. The van der Waals surface area contributed by atoms with E-state index in [1.165, 1.54) is 18.2 Å². The quantitative estimate of drug-likeness (QED) is 0.143. The van der Waals surface area contributed by atoms with Crippen molar-refractivity contribution >= 4 is 51.6 Å². The Morgan fingerprint density at radius 1 is 1.04 bits per heavy atom. The fourth-order valence-electron chi connectivity index (χ4n) is 6.56. The van der Waals surface area contributed by atoms with Gasteiger partial charge in [0.2, 0.25) is 5.96 Å². The lowest BCUT2D eigenvalue weighted by atomic mass is 9.75. The molecule has 12 nitrogen and oxygen atoms in total. The van der Waals surface area contributed by atoms with Crippen LogP contribution >= 0.6 is 27.5 Å². The van der Waals surface area contributed by atoms with E-state index in [1.807, 2.05) is 26.1 Å². The van der Waals surface area contributed by atoms with Gasteiger partial charge in [0.05, 0.1) is 16.8 Å². The number of aromatic nitrogens is 3. The van der Waals surface area contributed by atoms with Crippen LogP contribution in [0.3, 0.4) is 0 Å². The van der Waals surface area contributed by atoms with Gasteiger partial charge < -0.3 is 20.1 Å². The lowest BCUT2D eigenvalue weighted by Crippen LogP contribution is -2.49. The van der Waals surface area contributed by atoms with Gasteiger partial charge in [-0.1, -0.05) is 96.8 Å². The highest BCUT2D eigenvalue weighted by molar-refractivity contribution is 9.10. The fourth-order valence-corrected chi connectivity index (χ4v) is 7.02. The van der Waals surface area contributed by atoms with E-state index in [9.17, 15) is 31.5 Å². The molecule has 1 aliphatic heterocycles. The van der Waals surface area contributed by atoms with Crippen LogP contribution in [0.15, 0.2) is 88.6 Å². The van der Waals surface area contributed by atoms with Gasteiger partial charge in [0.25, 0.3) is 12.3 Å². The number of ether oxygens (including phenoxy) is 2. The topological polar surface area (TPSA) is 140 Å². The standard InChI is InChI=1S/C38H36BrClF5N7O5/c1-35(2,3)20-37(24-10-12-25(39)13-11-24)31(53)51(32(49-37)48-33(54)56-18-22-7-5-4-6-8-22)28(19-57-34(55)50-36(15-16-36)38(43,44)45)23-9-14-26(40)27(17-23)52-30(29(41)42)46-21-47-52/h4-14,17,21,28-29H,15-16,18-20H2,1-3H3,(H,50,55)(H,48,49,54)/t28-,37?/m1/s1. The Bertz CT molecular complexity index is 2160. The molecule has 302 valence electrons. The number of aliphatic imine (C=N–C) groups is 1. The Morgan fingerprint density at radius 3 is 2.33 bits per heavy atom. The zero-order valence-electron chi connectivity index (χ0n) is 30.6. The molecule has 1 aliphatic carbocycles. The molecule has 1 aromatic heterocycles. The maximum absolute atomic E-state index is 15.3. The van der Waals surface area contributed by atoms with Crippen LogP contribution in [-0.4, -0.2) is 62.0 Å². The number of alkyl halides is 5. The first-order chi connectivity index (χ1) is 26.8. The summed E-state index contributed by atoms with van der Waals surface area (Å²) in [6.45, 7) is 4.68. The monoisotopic (exact) mass is 879 g/mol. The van der Waals surface area contributed by atoms with Gasteiger partial charge in [-0.2, -0.15) is 18.3 Å². The molecule has 1 saturated carbocycles. The van der Waals surface area contributed by atoms with Crippen molar-refractivity contribution in [1.82, 2.24) is 30.3 Å². The molecule has 1 saturated heterocycles. The molecule has 2 aliphatic rings. The summed E-state index contributed by atoms with van der Waals surface area (Å²) in [5, 5.41) is 8.88. The summed E-state index contributed by atoms with van der Waals surface area (Å²) in [4.78, 5) is 50.6. The first-order valence-electron chi connectivity index (χ1n) is 17.5. The molecule has 2 fully saturated rings. The molecule has 1 unspecified atom stereocenters. The largest absolute Gasteiger partial charge is 0.447 e. The zero-order valence-corrected chi connectivity index (χ0v) is 33.0. The van der Waals surface area contributed by atoms with E-state index in [0.29, 0.717) is 15.6 Å². The Kier molecular flexibility index (Phi) is 11.7. The van der Waals surface area contributed by atoms with Crippen LogP contribution in [0.4, 0.5) is 31.5 Å². The molecule has 3 amide bonds. The molecule has 0 radical (unpaired) electrons. The van der Waals surface area contributed by atoms with Crippen molar-refractivity contribution in [3.8, 4) is 5.69 Å². The van der Waals surface area contributed by atoms with Gasteiger partial charge >= 0.3 is 18.4 Å². The predicted molar refractivity (Wildman–Crippen MR) is 201 cm³/mol. The maximum Gasteiger partial charge on any atom is 0.437 e. The third-order valence-electron chi connectivity index (χ3n) is 9.34. The summed E-state index contributed by atoms with van der Waals surface area (Å²) in [5.74, 6) is -1.80. The third kappa shape index (κ3) is 9.06. The average molecular weight is 881 g/mol. The van der Waals surface area contributed by atoms with Crippen molar-refractivity contribution in [3.63, 3.8) is 0 Å². The molecule has 6 rings (SSSR count). The number of halogens is 7. The van der Waals surface area contributed by atoms with Gasteiger partial charge in [-0.05, 0) is 65.6 Å². The third-order valence-corrected chi connectivity index (χ3v) is 10.2. The number of carbonyl (C=O) groups is 3. The second-order valence-electron chi connectivity index (χ2n) is 14.8. The van der Waals surface area contributed by atoms with Crippen molar-refractivity contribution in [2.75, 3.05) is 6.61 Å². The maximum atomic E-state index is 15.3. The van der Waals surface area contributed by atoms with E-state index in [2.05, 4.69) is 36.3 Å². The van der Waals surface area contributed by atoms with Crippen molar-refractivity contribution in [3.05, 3.63) is 111 Å². The van der Waals surface area contributed by atoms with Crippen molar-refractivity contribution in [2.24, 2.45) is 10.4 Å². The summed E-state index contributed by atoms with van der Waals surface area (Å²) in [6, 6.07) is 18.1. The molecule has 19 heteroatoms. The SMILES string of the molecule is CC(C)(C)CC1(c2ccc(Br)cc2)NC(=NC(=O)OCc2ccccc2)N([C@H](COC(=O)NC2(C(F)(F)F)CC2)c2ccc(Cl)c(-n3ncnc3C(F)F)c2)C1=O. The van der Waals surface area contributed by atoms with Crippen LogP contribution in [0.5, 0.6) is 0 Å². The Labute approximate surface area is 336 Å². The van der Waals surface area contributed by atoms with Gasteiger partial charge in [0.15, 0.2) is 5.82 Å². The predicted octanol–water partition coefficient (Wildman–Crippen LogP) is 8.94. The minimum atomic E-state index is -4.76. The number of amides is 3. The van der Waals surface area contributed by atoms with Crippen LogP contribution in [-0.2, 0) is 26.4 Å². The molecule has 3 aromatic carbocycles. The Morgan fingerprint density at radius 2 is 1.72 bits per heavy atom. The average Bonchev–Trinajstić information content (AvgIpc) is 3.68. The van der Waals surface area contributed by atoms with E-state index in [4.69, 9.17) is 21.1 Å². The molecular weight excluding hydrogens is 845 g/mol. The van der Waals surface area contributed by atoms with Gasteiger partial charge in [-0.25, -0.2) is 28.0 Å². The lowest BCUT2D eigenvalue weighted by molar-refractivity contribution is -0.164. The first-order valence-corrected chi connectivity index (χ1v) is 18.7. The zero-order chi connectivity index (χ0) is 41.3. The number of benzene rings is 3. The van der Waals surface area contributed by atoms with Crippen LogP contribution in [0, 0.1) is 5.41 Å². The minimum absolute atomic E-state index is 0.0643. The summed E-state index contributed by atoms with van der Waals surface area (Å²) >= 11 is 9.90. The number of carbonyl (C=O) groups excluding carboxylic acids is 3. The highest BCUT2D eigenvalue weighted by atomic mass is 79.9. The van der Waals surface area contributed by atoms with Gasteiger partial charge in [0.1, 0.15) is 30.6 Å². The summed E-state index contributed by atoms with van der Waals surface area (Å²) in [6.07, 6.45) is -10.1. The highest BCUT2D eigenvalue weighted by Gasteiger charge is 2.65. The van der Waals surface area contributed by atoms with Gasteiger partial charge in [0, 0.05) is 4.47 Å². The number of nitrogens with one attached hydrogen (secondary N) is 2. The number of hydrogen-bond acceptors (Lipinski definition) is 7. The number of rotatable bonds is 11. The second kappa shape index (κ2) is 16.0. The molecule has 0 spiro atoms. The Hall–Kier alpha value is -5.10. The lowest BCUT2D eigenvalue weighted by Gasteiger charge is -2.35. The van der Waals surface area contributed by atoms with Gasteiger partial charge in [-0.3, -0.25) is 9.69 Å². The molecular formula is C38H36BrClF5N7O5. The second-order valence-corrected chi connectivity index (χ2v) is 16.1. The minimum Gasteiger partial charge on any atom is -0.447 e. The van der Waals surface area contributed by atoms with E-state index in [1.54, 1.807) is 54.6 Å². The molecule has 4 aromatic rings. The summed E-state index contributed by atoms with van der Waals surface area (Å²) in [7, 11) is 0. The number of hydrogen-bond donors (Lipinski definition) is 2. The number of guanidine groups is 1. The van der Waals surface area contributed by atoms with Crippen molar-refractivity contribution in [1.29, 1.82) is 0 Å². The van der Waals surface area contributed by atoms with E-state index < -0.39 is 65.7 Å². The van der Waals surface area contributed by atoms with Crippen LogP contribution in [0.2, 0.25) is 5.02 Å². The number of nitrogens with zero attached hydrogens (tertiary/aromatic N) is 5. The molecule has 2 N–H and O–H groups in total. The van der Waals surface area contributed by atoms with Crippen molar-refractivity contribution < 1.29 is 45.8 Å². The Balaban J connectivity index is 1.49. The fraction of sp³-hybridized carbons (Fsp3) is 0.368. The molecule has 2 heterocycles. The van der Waals surface area contributed by atoms with E-state index in [0.717, 1.165) is 15.9 Å². The van der Waals surface area contributed by atoms with Crippen LogP contribution < -0.4 is 10.6 Å². The normalized spacial score (nSPS) is 19.0. The van der Waals surface area contributed by atoms with E-state index >= 15 is 4.79 Å². The summed E-state index contributed by atoms with van der Waals surface area (Å²) < 4.78 is 81.7. The smallest absolute Gasteiger partial charge is 0.437 e. The van der Waals surface area contributed by atoms with Gasteiger partial charge in [-0.15, -0.1) is 4.99 Å². The summed E-state index contributed by atoms with van der Waals surface area (Å²) in [5.41, 5.74) is -3.61. The number of alkyl carbamates (subject to hydrolysis) is 1. The van der Waals surface area contributed by atoms with Crippen LogP contribution in [0.1, 0.15) is 75.0 Å². The first kappa shape index (κ1) is 41.5. The molecule has 2 atom stereocenters. The molecule has 0 bridgehead atoms. The van der Waals surface area contributed by atoms with Crippen LogP contribution in [0.25, 0.3) is 5.69 Å². The van der Waals surface area contributed by atoms with E-state index in [-0.39, 0.29) is 48.1 Å².